The van der Waals surface area contributed by atoms with Gasteiger partial charge >= 0.3 is 0 Å². The molecule has 0 saturated carbocycles. The lowest BCUT2D eigenvalue weighted by Gasteiger charge is -2.25. The molecule has 1 aromatic carbocycles. The molecule has 1 aliphatic carbocycles. The number of benzene rings is 1. The molecule has 1 aromatic rings. The third-order valence-corrected chi connectivity index (χ3v) is 3.88. The van der Waals surface area contributed by atoms with Crippen LogP contribution in [0, 0.1) is 0 Å². The zero-order chi connectivity index (χ0) is 13.8. The second-order valence-electron chi connectivity index (χ2n) is 5.19. The minimum atomic E-state index is -0.383. The van der Waals surface area contributed by atoms with Crippen LogP contribution in [-0.2, 0) is 16.0 Å². The molecule has 0 saturated heterocycles. The van der Waals surface area contributed by atoms with Gasteiger partial charge in [-0.2, -0.15) is 0 Å². The quantitative estimate of drug-likeness (QED) is 0.903. The topological polar surface area (TPSA) is 46.2 Å². The Labute approximate surface area is 114 Å². The van der Waals surface area contributed by atoms with Gasteiger partial charge in [-0.25, -0.2) is 0 Å². The monoisotopic (exact) mass is 259 g/mol. The molecule has 0 heterocycles. The van der Waals surface area contributed by atoms with Crippen molar-refractivity contribution in [1.29, 1.82) is 0 Å². The molecular weight excluding hydrogens is 238 g/mol. The maximum absolute atomic E-state index is 12.3. The number of hydrogen-bond acceptors (Lipinski definition) is 2. The molecule has 1 amide bonds. The van der Waals surface area contributed by atoms with E-state index in [0.717, 1.165) is 24.8 Å². The number of carbonyl (C=O) groups is 2. The van der Waals surface area contributed by atoms with Gasteiger partial charge in [0.25, 0.3) is 0 Å². The van der Waals surface area contributed by atoms with Gasteiger partial charge in [-0.1, -0.05) is 31.2 Å². The van der Waals surface area contributed by atoms with Gasteiger partial charge in [-0.05, 0) is 37.3 Å². The molecule has 1 aliphatic rings. The molecule has 3 nitrogen and oxygen atoms in total. The second kappa shape index (κ2) is 6.00. The lowest BCUT2D eigenvalue weighted by Crippen LogP contribution is -2.41. The van der Waals surface area contributed by atoms with Crippen LogP contribution in [0.2, 0.25) is 0 Å². The molecular formula is C16H21NO2. The third kappa shape index (κ3) is 3.03. The number of hydrogen-bond donors (Lipinski definition) is 1. The van der Waals surface area contributed by atoms with Crippen LogP contribution in [0.5, 0.6) is 0 Å². The van der Waals surface area contributed by atoms with E-state index in [0.29, 0.717) is 6.42 Å². The highest BCUT2D eigenvalue weighted by Gasteiger charge is 2.27. The molecule has 0 radical (unpaired) electrons. The van der Waals surface area contributed by atoms with E-state index >= 15 is 0 Å². The number of fused-ring (bicyclic) bond motifs is 1. The van der Waals surface area contributed by atoms with Crippen molar-refractivity contribution in [2.45, 2.75) is 51.5 Å². The number of amides is 1. The fraction of sp³-hybridized carbons (Fsp3) is 0.500. The standard InChI is InChI=1S/C16H21NO2/c1-3-15(18)11(2)17-16(19)14-10-6-8-12-7-4-5-9-13(12)14/h4-5,7,9,11,14H,3,6,8,10H2,1-2H3,(H,17,19). The van der Waals surface area contributed by atoms with Crippen LogP contribution in [0.25, 0.3) is 0 Å². The summed E-state index contributed by atoms with van der Waals surface area (Å²) in [6.07, 6.45) is 3.41. The Kier molecular flexibility index (Phi) is 4.35. The van der Waals surface area contributed by atoms with E-state index < -0.39 is 0 Å². The predicted molar refractivity (Wildman–Crippen MR) is 75.0 cm³/mol. The van der Waals surface area contributed by atoms with Gasteiger partial charge in [-0.3, -0.25) is 9.59 Å². The minimum absolute atomic E-state index is 0.0125. The van der Waals surface area contributed by atoms with Gasteiger partial charge in [0.1, 0.15) is 0 Å². The summed E-state index contributed by atoms with van der Waals surface area (Å²) in [5.74, 6) is -0.0315. The zero-order valence-electron chi connectivity index (χ0n) is 11.6. The van der Waals surface area contributed by atoms with Crippen LogP contribution in [0.4, 0.5) is 0 Å². The van der Waals surface area contributed by atoms with Gasteiger partial charge in [0, 0.05) is 6.42 Å². The molecule has 1 N–H and O–H groups in total. The van der Waals surface area contributed by atoms with E-state index in [4.69, 9.17) is 0 Å². The largest absolute Gasteiger partial charge is 0.346 e. The third-order valence-electron chi connectivity index (χ3n) is 3.88. The predicted octanol–water partition coefficient (Wildman–Crippen LogP) is 2.59. The fourth-order valence-electron chi connectivity index (χ4n) is 2.73. The van der Waals surface area contributed by atoms with Crippen LogP contribution in [-0.4, -0.2) is 17.7 Å². The van der Waals surface area contributed by atoms with E-state index in [1.54, 1.807) is 6.92 Å². The Hall–Kier alpha value is -1.64. The minimum Gasteiger partial charge on any atom is -0.346 e. The number of rotatable bonds is 4. The molecule has 0 aliphatic heterocycles. The van der Waals surface area contributed by atoms with Crippen LogP contribution >= 0.6 is 0 Å². The molecule has 0 spiro atoms. The number of Topliss-reactive ketones (excluding diaryl/α,β-unsaturated/α-hetero) is 1. The first-order valence-corrected chi connectivity index (χ1v) is 7.04. The van der Waals surface area contributed by atoms with Crippen molar-refractivity contribution in [3.8, 4) is 0 Å². The Bertz CT molecular complexity index is 481. The summed E-state index contributed by atoms with van der Waals surface area (Å²) in [5, 5.41) is 2.85. The van der Waals surface area contributed by atoms with Gasteiger partial charge in [0.2, 0.25) is 5.91 Å². The highest BCUT2D eigenvalue weighted by Crippen LogP contribution is 2.31. The first kappa shape index (κ1) is 13.8. The number of aryl methyl sites for hydroxylation is 1. The molecule has 0 aromatic heterocycles. The smallest absolute Gasteiger partial charge is 0.228 e. The van der Waals surface area contributed by atoms with E-state index in [1.807, 2.05) is 25.1 Å². The molecule has 0 bridgehead atoms. The Balaban J connectivity index is 2.11. The highest BCUT2D eigenvalue weighted by atomic mass is 16.2. The van der Waals surface area contributed by atoms with Crippen LogP contribution < -0.4 is 5.32 Å². The van der Waals surface area contributed by atoms with Crippen molar-refractivity contribution < 1.29 is 9.59 Å². The molecule has 19 heavy (non-hydrogen) atoms. The summed E-state index contributed by atoms with van der Waals surface area (Å²) in [6.45, 7) is 3.58. The summed E-state index contributed by atoms with van der Waals surface area (Å²) in [5.41, 5.74) is 2.39. The first-order chi connectivity index (χ1) is 9.13. The van der Waals surface area contributed by atoms with Crippen molar-refractivity contribution in [2.75, 3.05) is 0 Å². The van der Waals surface area contributed by atoms with Crippen molar-refractivity contribution in [1.82, 2.24) is 5.32 Å². The summed E-state index contributed by atoms with van der Waals surface area (Å²) >= 11 is 0. The Morgan fingerprint density at radius 1 is 1.37 bits per heavy atom. The molecule has 3 heteroatoms. The summed E-state index contributed by atoms with van der Waals surface area (Å²) in [7, 11) is 0. The molecule has 2 rings (SSSR count). The molecule has 102 valence electrons. The number of nitrogens with one attached hydrogen (secondary N) is 1. The van der Waals surface area contributed by atoms with Gasteiger partial charge in [-0.15, -0.1) is 0 Å². The summed E-state index contributed by atoms with van der Waals surface area (Å²) < 4.78 is 0. The van der Waals surface area contributed by atoms with E-state index in [-0.39, 0.29) is 23.7 Å². The van der Waals surface area contributed by atoms with Crippen molar-refractivity contribution >= 4 is 11.7 Å². The average molecular weight is 259 g/mol. The Morgan fingerprint density at radius 3 is 2.84 bits per heavy atom. The second-order valence-corrected chi connectivity index (χ2v) is 5.19. The van der Waals surface area contributed by atoms with Crippen molar-refractivity contribution in [3.63, 3.8) is 0 Å². The maximum Gasteiger partial charge on any atom is 0.228 e. The number of ketones is 1. The van der Waals surface area contributed by atoms with E-state index in [9.17, 15) is 9.59 Å². The summed E-state index contributed by atoms with van der Waals surface area (Å²) in [6, 6.07) is 7.74. The van der Waals surface area contributed by atoms with Gasteiger partial charge in [0.05, 0.1) is 12.0 Å². The lowest BCUT2D eigenvalue weighted by molar-refractivity contribution is -0.128. The summed E-state index contributed by atoms with van der Waals surface area (Å²) in [4.78, 5) is 23.9. The molecule has 0 fully saturated rings. The Morgan fingerprint density at radius 2 is 2.11 bits per heavy atom. The molecule has 2 atom stereocenters. The first-order valence-electron chi connectivity index (χ1n) is 7.04. The van der Waals surface area contributed by atoms with E-state index in [1.165, 1.54) is 5.56 Å². The lowest BCUT2D eigenvalue weighted by atomic mass is 9.82. The fourth-order valence-corrected chi connectivity index (χ4v) is 2.73. The van der Waals surface area contributed by atoms with Crippen LogP contribution in [0.15, 0.2) is 24.3 Å². The molecule has 2 unspecified atom stereocenters. The van der Waals surface area contributed by atoms with Crippen LogP contribution in [0.3, 0.4) is 0 Å². The van der Waals surface area contributed by atoms with Gasteiger partial charge in [0.15, 0.2) is 5.78 Å². The maximum atomic E-state index is 12.3. The average Bonchev–Trinajstić information content (AvgIpc) is 2.45. The number of carbonyl (C=O) groups excluding carboxylic acids is 2. The SMILES string of the molecule is CCC(=O)C(C)NC(=O)C1CCCc2ccccc21. The van der Waals surface area contributed by atoms with Gasteiger partial charge < -0.3 is 5.32 Å². The van der Waals surface area contributed by atoms with Crippen LogP contribution in [0.1, 0.15) is 50.2 Å². The zero-order valence-corrected chi connectivity index (χ0v) is 11.6. The normalized spacial score (nSPS) is 19.4. The highest BCUT2D eigenvalue weighted by molar-refractivity contribution is 5.91. The van der Waals surface area contributed by atoms with Crippen molar-refractivity contribution in [3.05, 3.63) is 35.4 Å². The van der Waals surface area contributed by atoms with Crippen molar-refractivity contribution in [2.24, 2.45) is 0 Å². The van der Waals surface area contributed by atoms with E-state index in [2.05, 4.69) is 11.4 Å².